The molecule has 120 valence electrons. The maximum Gasteiger partial charge on any atom is 0.125 e. The van der Waals surface area contributed by atoms with Crippen LogP contribution in [0.3, 0.4) is 0 Å². The summed E-state index contributed by atoms with van der Waals surface area (Å²) in [5.74, 6) is -1.77. The van der Waals surface area contributed by atoms with Crippen molar-refractivity contribution in [2.75, 3.05) is 6.54 Å². The molecule has 4 nitrogen and oxygen atoms in total. The van der Waals surface area contributed by atoms with Gasteiger partial charge in [-0.3, -0.25) is 4.99 Å². The number of carbonyl (C=O) groups excluding carboxylic acids is 1. The van der Waals surface area contributed by atoms with Gasteiger partial charge in [0.2, 0.25) is 0 Å². The number of aliphatic carboxylic acids is 1. The van der Waals surface area contributed by atoms with Crippen molar-refractivity contribution in [1.29, 1.82) is 0 Å². The van der Waals surface area contributed by atoms with Crippen LogP contribution in [0.15, 0.2) is 47.5 Å². The van der Waals surface area contributed by atoms with Crippen LogP contribution in [0, 0.1) is 5.82 Å². The van der Waals surface area contributed by atoms with Gasteiger partial charge in [0.15, 0.2) is 0 Å². The summed E-state index contributed by atoms with van der Waals surface area (Å²) in [7, 11) is 0. The molecule has 0 atom stereocenters. The van der Waals surface area contributed by atoms with E-state index in [9.17, 15) is 19.4 Å². The second kappa shape index (κ2) is 7.74. The topological polar surface area (TPSA) is 72.7 Å². The van der Waals surface area contributed by atoms with E-state index in [0.29, 0.717) is 16.3 Å². The fourth-order valence-electron chi connectivity index (χ4n) is 2.05. The van der Waals surface area contributed by atoms with Gasteiger partial charge in [-0.05, 0) is 43.2 Å². The Labute approximate surface area is 137 Å². The number of benzene rings is 2. The predicted molar refractivity (Wildman–Crippen MR) is 84.3 cm³/mol. The van der Waals surface area contributed by atoms with Crippen LogP contribution in [0.25, 0.3) is 0 Å². The Kier molecular flexibility index (Phi) is 5.71. The van der Waals surface area contributed by atoms with Crippen LogP contribution < -0.4 is 5.11 Å². The number of carbonyl (C=O) groups is 1. The summed E-state index contributed by atoms with van der Waals surface area (Å²) in [6.07, 6.45) is 0.169. The van der Waals surface area contributed by atoms with Gasteiger partial charge in [-0.2, -0.15) is 0 Å². The monoisotopic (exact) mass is 334 g/mol. The standard InChI is InChI=1S/C17H15ClFNO3/c18-12-5-3-11(4-6-12)17(20-9-1-2-16(22)23)14-10-13(19)7-8-15(14)21/h3-8,10,21H,1-2,9H2,(H,22,23)/p-1. The maximum absolute atomic E-state index is 13.5. The SMILES string of the molecule is O=C([O-])CCCN=C(c1ccc(Cl)cc1)c1cc(F)ccc1O. The highest BCUT2D eigenvalue weighted by Crippen LogP contribution is 2.23. The van der Waals surface area contributed by atoms with Crippen molar-refractivity contribution in [2.45, 2.75) is 12.8 Å². The van der Waals surface area contributed by atoms with E-state index in [2.05, 4.69) is 4.99 Å². The Morgan fingerprint density at radius 1 is 1.22 bits per heavy atom. The molecule has 1 N–H and O–H groups in total. The summed E-state index contributed by atoms with van der Waals surface area (Å²) < 4.78 is 13.5. The van der Waals surface area contributed by atoms with Gasteiger partial charge in [0, 0.05) is 28.7 Å². The summed E-state index contributed by atoms with van der Waals surface area (Å²) in [5, 5.41) is 21.0. The summed E-state index contributed by atoms with van der Waals surface area (Å²) in [5.41, 5.74) is 1.25. The van der Waals surface area contributed by atoms with Gasteiger partial charge >= 0.3 is 0 Å². The zero-order chi connectivity index (χ0) is 16.8. The van der Waals surface area contributed by atoms with E-state index >= 15 is 0 Å². The van der Waals surface area contributed by atoms with Crippen LogP contribution in [0.5, 0.6) is 5.75 Å². The molecular formula is C17H14ClFNO3-. The van der Waals surface area contributed by atoms with Gasteiger partial charge in [-0.25, -0.2) is 4.39 Å². The molecule has 2 rings (SSSR count). The van der Waals surface area contributed by atoms with Crippen LogP contribution in [-0.4, -0.2) is 23.3 Å². The summed E-state index contributed by atoms with van der Waals surface area (Å²) in [4.78, 5) is 14.8. The fourth-order valence-corrected chi connectivity index (χ4v) is 2.18. The molecule has 0 spiro atoms. The zero-order valence-corrected chi connectivity index (χ0v) is 12.9. The third kappa shape index (κ3) is 4.79. The number of carboxylic acids is 1. The van der Waals surface area contributed by atoms with Gasteiger partial charge in [0.1, 0.15) is 11.6 Å². The summed E-state index contributed by atoms with van der Waals surface area (Å²) >= 11 is 5.86. The second-order valence-electron chi connectivity index (χ2n) is 4.87. The van der Waals surface area contributed by atoms with E-state index in [1.54, 1.807) is 24.3 Å². The molecule has 0 fully saturated rings. The molecule has 0 heterocycles. The lowest BCUT2D eigenvalue weighted by molar-refractivity contribution is -0.305. The number of phenolic OH excluding ortho intramolecular Hbond substituents is 1. The number of phenols is 1. The minimum Gasteiger partial charge on any atom is -0.550 e. The number of carboxylic acid groups (broad SMARTS) is 1. The van der Waals surface area contributed by atoms with Crippen LogP contribution in [-0.2, 0) is 4.79 Å². The van der Waals surface area contributed by atoms with E-state index < -0.39 is 11.8 Å². The Morgan fingerprint density at radius 3 is 2.57 bits per heavy atom. The van der Waals surface area contributed by atoms with Gasteiger partial charge in [-0.1, -0.05) is 23.7 Å². The molecule has 0 aromatic heterocycles. The molecule has 0 unspecified atom stereocenters. The van der Waals surface area contributed by atoms with Crippen molar-refractivity contribution < 1.29 is 19.4 Å². The lowest BCUT2D eigenvalue weighted by atomic mass is 10.0. The first-order chi connectivity index (χ1) is 11.0. The number of hydrogen-bond acceptors (Lipinski definition) is 4. The molecule has 0 saturated heterocycles. The van der Waals surface area contributed by atoms with Gasteiger partial charge in [0.25, 0.3) is 0 Å². The van der Waals surface area contributed by atoms with E-state index in [1.165, 1.54) is 12.1 Å². The third-order valence-electron chi connectivity index (χ3n) is 3.14. The average Bonchev–Trinajstić information content (AvgIpc) is 2.51. The van der Waals surface area contributed by atoms with Crippen molar-refractivity contribution in [2.24, 2.45) is 4.99 Å². The van der Waals surface area contributed by atoms with Crippen molar-refractivity contribution in [1.82, 2.24) is 0 Å². The molecule has 0 amide bonds. The zero-order valence-electron chi connectivity index (χ0n) is 12.1. The number of rotatable bonds is 6. The van der Waals surface area contributed by atoms with E-state index in [1.807, 2.05) is 0 Å². The Bertz CT molecular complexity index is 729. The first-order valence-electron chi connectivity index (χ1n) is 6.96. The largest absolute Gasteiger partial charge is 0.550 e. The van der Waals surface area contributed by atoms with Gasteiger partial charge in [0.05, 0.1) is 5.71 Å². The highest BCUT2D eigenvalue weighted by Gasteiger charge is 2.12. The number of nitrogens with zero attached hydrogens (tertiary/aromatic N) is 1. The first kappa shape index (κ1) is 17.0. The third-order valence-corrected chi connectivity index (χ3v) is 3.39. The van der Waals surface area contributed by atoms with Crippen LogP contribution in [0.4, 0.5) is 4.39 Å². The Morgan fingerprint density at radius 2 is 1.91 bits per heavy atom. The predicted octanol–water partition coefficient (Wildman–Crippen LogP) is 2.55. The summed E-state index contributed by atoms with van der Waals surface area (Å²) in [6, 6.07) is 10.3. The molecule has 0 aliphatic carbocycles. The van der Waals surface area contributed by atoms with E-state index in [0.717, 1.165) is 6.07 Å². The fraction of sp³-hybridized carbons (Fsp3) is 0.176. The molecule has 2 aromatic rings. The second-order valence-corrected chi connectivity index (χ2v) is 5.31. The lowest BCUT2D eigenvalue weighted by Crippen LogP contribution is -2.21. The quantitative estimate of drug-likeness (QED) is 0.651. The lowest BCUT2D eigenvalue weighted by Gasteiger charge is -2.10. The number of aliphatic imine (C=N–C) groups is 1. The minimum atomic E-state index is -1.15. The molecule has 0 aliphatic rings. The highest BCUT2D eigenvalue weighted by molar-refractivity contribution is 6.30. The molecule has 6 heteroatoms. The molecule has 2 aromatic carbocycles. The smallest absolute Gasteiger partial charge is 0.125 e. The molecular weight excluding hydrogens is 321 g/mol. The maximum atomic E-state index is 13.5. The normalized spacial score (nSPS) is 11.5. The summed E-state index contributed by atoms with van der Waals surface area (Å²) in [6.45, 7) is 0.210. The average molecular weight is 335 g/mol. The molecule has 0 bridgehead atoms. The molecule has 0 radical (unpaired) electrons. The highest BCUT2D eigenvalue weighted by atomic mass is 35.5. The van der Waals surface area contributed by atoms with E-state index in [-0.39, 0.29) is 30.7 Å². The van der Waals surface area contributed by atoms with Crippen molar-refractivity contribution in [3.05, 3.63) is 64.4 Å². The van der Waals surface area contributed by atoms with Crippen molar-refractivity contribution >= 4 is 23.3 Å². The first-order valence-corrected chi connectivity index (χ1v) is 7.34. The number of halogens is 2. The van der Waals surface area contributed by atoms with Gasteiger partial charge in [-0.15, -0.1) is 0 Å². The Balaban J connectivity index is 2.38. The van der Waals surface area contributed by atoms with Crippen LogP contribution >= 0.6 is 11.6 Å². The molecule has 23 heavy (non-hydrogen) atoms. The van der Waals surface area contributed by atoms with E-state index in [4.69, 9.17) is 11.6 Å². The number of aromatic hydroxyl groups is 1. The minimum absolute atomic E-state index is 0.111. The Hall–Kier alpha value is -2.40. The van der Waals surface area contributed by atoms with Gasteiger partial charge < -0.3 is 15.0 Å². The molecule has 0 saturated carbocycles. The molecule has 0 aliphatic heterocycles. The van der Waals surface area contributed by atoms with Crippen molar-refractivity contribution in [3.8, 4) is 5.75 Å². The van der Waals surface area contributed by atoms with Crippen LogP contribution in [0.2, 0.25) is 5.02 Å². The van der Waals surface area contributed by atoms with Crippen molar-refractivity contribution in [3.63, 3.8) is 0 Å². The van der Waals surface area contributed by atoms with Crippen LogP contribution in [0.1, 0.15) is 24.0 Å². The number of hydrogen-bond donors (Lipinski definition) is 1.